The minimum absolute atomic E-state index is 0.0702. The maximum atomic E-state index is 11.9. The van der Waals surface area contributed by atoms with Crippen LogP contribution in [0.2, 0.25) is 0 Å². The zero-order valence-electron chi connectivity index (χ0n) is 11.5. The molecule has 0 saturated heterocycles. The van der Waals surface area contributed by atoms with Crippen LogP contribution in [0.5, 0.6) is 5.75 Å². The Balaban J connectivity index is 1.80. The Morgan fingerprint density at radius 3 is 2.58 bits per heavy atom. The number of aryl methyl sites for hydroxylation is 1. The molecule has 0 radical (unpaired) electrons. The molecular weight excluding hydrogens is 242 g/mol. The van der Waals surface area contributed by atoms with Gasteiger partial charge < -0.3 is 15.2 Å². The number of nitrogens with one attached hydrogen (secondary N) is 1. The third-order valence-electron chi connectivity index (χ3n) is 3.63. The highest BCUT2D eigenvalue weighted by molar-refractivity contribution is 5.80. The standard InChI is InChI=1S/C15H21NO3/c1-11-3-5-13(6-4-11)19-12(2)14(18)16-9-15(10-17)7-8-15/h3-6,12,17H,7-10H2,1-2H3,(H,16,18). The summed E-state index contributed by atoms with van der Waals surface area (Å²) in [6.45, 7) is 4.40. The van der Waals surface area contributed by atoms with Gasteiger partial charge in [-0.25, -0.2) is 0 Å². The second-order valence-electron chi connectivity index (χ2n) is 5.45. The molecule has 2 rings (SSSR count). The van der Waals surface area contributed by atoms with Crippen molar-refractivity contribution in [1.82, 2.24) is 5.32 Å². The van der Waals surface area contributed by atoms with Crippen molar-refractivity contribution in [3.8, 4) is 5.75 Å². The molecule has 4 heteroatoms. The third kappa shape index (κ3) is 3.70. The van der Waals surface area contributed by atoms with Crippen molar-refractivity contribution in [1.29, 1.82) is 0 Å². The largest absolute Gasteiger partial charge is 0.481 e. The first-order valence-electron chi connectivity index (χ1n) is 6.67. The summed E-state index contributed by atoms with van der Waals surface area (Å²) in [7, 11) is 0. The average Bonchev–Trinajstić information content (AvgIpc) is 3.19. The van der Waals surface area contributed by atoms with Gasteiger partial charge in [-0.3, -0.25) is 4.79 Å². The van der Waals surface area contributed by atoms with Gasteiger partial charge in [-0.05, 0) is 38.8 Å². The van der Waals surface area contributed by atoms with Crippen molar-refractivity contribution in [3.05, 3.63) is 29.8 Å². The van der Waals surface area contributed by atoms with E-state index in [1.54, 1.807) is 6.92 Å². The van der Waals surface area contributed by atoms with E-state index >= 15 is 0 Å². The lowest BCUT2D eigenvalue weighted by Gasteiger charge is -2.17. The van der Waals surface area contributed by atoms with E-state index in [1.807, 2.05) is 31.2 Å². The fourth-order valence-electron chi connectivity index (χ4n) is 1.86. The molecule has 4 nitrogen and oxygen atoms in total. The molecule has 1 aromatic rings. The number of hydrogen-bond donors (Lipinski definition) is 2. The summed E-state index contributed by atoms with van der Waals surface area (Å²) in [6.07, 6.45) is 1.44. The molecule has 2 N–H and O–H groups in total. The molecule has 1 aliphatic carbocycles. The summed E-state index contributed by atoms with van der Waals surface area (Å²) < 4.78 is 5.58. The number of rotatable bonds is 6. The number of carbonyl (C=O) groups is 1. The lowest BCUT2D eigenvalue weighted by Crippen LogP contribution is -2.40. The topological polar surface area (TPSA) is 58.6 Å². The van der Waals surface area contributed by atoms with Crippen molar-refractivity contribution in [2.75, 3.05) is 13.2 Å². The predicted molar refractivity (Wildman–Crippen MR) is 73.0 cm³/mol. The molecule has 104 valence electrons. The molecule has 1 aromatic carbocycles. The van der Waals surface area contributed by atoms with Crippen LogP contribution in [0, 0.1) is 12.3 Å². The highest BCUT2D eigenvalue weighted by Gasteiger charge is 2.42. The number of aliphatic hydroxyl groups excluding tert-OH is 1. The number of hydrogen-bond acceptors (Lipinski definition) is 3. The third-order valence-corrected chi connectivity index (χ3v) is 3.63. The maximum absolute atomic E-state index is 11.9. The summed E-state index contributed by atoms with van der Waals surface area (Å²) in [5.41, 5.74) is 1.09. The predicted octanol–water partition coefficient (Wildman–Crippen LogP) is 1.65. The Kier molecular flexibility index (Phi) is 4.10. The van der Waals surface area contributed by atoms with Gasteiger partial charge in [0.15, 0.2) is 6.10 Å². The molecular formula is C15H21NO3. The molecule has 1 amide bonds. The van der Waals surface area contributed by atoms with Crippen molar-refractivity contribution >= 4 is 5.91 Å². The van der Waals surface area contributed by atoms with Crippen LogP contribution in [0.3, 0.4) is 0 Å². The SMILES string of the molecule is Cc1ccc(OC(C)C(=O)NCC2(CO)CC2)cc1. The summed E-state index contributed by atoms with van der Waals surface area (Å²) in [5, 5.41) is 12.0. The zero-order valence-corrected chi connectivity index (χ0v) is 11.5. The van der Waals surface area contributed by atoms with E-state index in [4.69, 9.17) is 4.74 Å². The van der Waals surface area contributed by atoms with Crippen LogP contribution in [0.15, 0.2) is 24.3 Å². The molecule has 1 saturated carbocycles. The van der Waals surface area contributed by atoms with Gasteiger partial charge in [0.1, 0.15) is 5.75 Å². The van der Waals surface area contributed by atoms with Gasteiger partial charge in [0, 0.05) is 12.0 Å². The number of aliphatic hydroxyl groups is 1. The van der Waals surface area contributed by atoms with Crippen LogP contribution >= 0.6 is 0 Å². The smallest absolute Gasteiger partial charge is 0.260 e. The Labute approximate surface area is 113 Å². The zero-order chi connectivity index (χ0) is 13.9. The number of benzene rings is 1. The number of carbonyl (C=O) groups excluding carboxylic acids is 1. The van der Waals surface area contributed by atoms with Crippen LogP contribution in [-0.2, 0) is 4.79 Å². The van der Waals surface area contributed by atoms with E-state index in [0.717, 1.165) is 18.4 Å². The minimum Gasteiger partial charge on any atom is -0.481 e. The van der Waals surface area contributed by atoms with Crippen LogP contribution in [0.1, 0.15) is 25.3 Å². The fraction of sp³-hybridized carbons (Fsp3) is 0.533. The number of amides is 1. The molecule has 19 heavy (non-hydrogen) atoms. The summed E-state index contributed by atoms with van der Waals surface area (Å²) >= 11 is 0. The molecule has 0 aromatic heterocycles. The highest BCUT2D eigenvalue weighted by Crippen LogP contribution is 2.44. The second kappa shape index (κ2) is 5.61. The monoisotopic (exact) mass is 263 g/mol. The molecule has 0 bridgehead atoms. The van der Waals surface area contributed by atoms with E-state index in [2.05, 4.69) is 5.32 Å². The minimum atomic E-state index is -0.530. The van der Waals surface area contributed by atoms with E-state index in [-0.39, 0.29) is 17.9 Å². The van der Waals surface area contributed by atoms with E-state index in [9.17, 15) is 9.90 Å². The molecule has 1 fully saturated rings. The van der Waals surface area contributed by atoms with Gasteiger partial charge in [-0.15, -0.1) is 0 Å². The van der Waals surface area contributed by atoms with Crippen LogP contribution in [0.4, 0.5) is 0 Å². The lowest BCUT2D eigenvalue weighted by molar-refractivity contribution is -0.127. The van der Waals surface area contributed by atoms with Gasteiger partial charge in [0.05, 0.1) is 6.61 Å². The Morgan fingerprint density at radius 2 is 2.05 bits per heavy atom. The Morgan fingerprint density at radius 1 is 1.42 bits per heavy atom. The van der Waals surface area contributed by atoms with Crippen LogP contribution in [-0.4, -0.2) is 30.3 Å². The molecule has 0 aliphatic heterocycles. The molecule has 0 spiro atoms. The number of ether oxygens (including phenoxy) is 1. The molecule has 1 aliphatic rings. The van der Waals surface area contributed by atoms with Gasteiger partial charge >= 0.3 is 0 Å². The van der Waals surface area contributed by atoms with E-state index < -0.39 is 6.10 Å². The fourth-order valence-corrected chi connectivity index (χ4v) is 1.86. The summed E-state index contributed by atoms with van der Waals surface area (Å²) in [5.74, 6) is 0.553. The summed E-state index contributed by atoms with van der Waals surface area (Å²) in [4.78, 5) is 11.9. The molecule has 0 heterocycles. The lowest BCUT2D eigenvalue weighted by atomic mass is 10.1. The van der Waals surface area contributed by atoms with Gasteiger partial charge in [-0.2, -0.15) is 0 Å². The first-order valence-corrected chi connectivity index (χ1v) is 6.67. The first-order chi connectivity index (χ1) is 9.04. The van der Waals surface area contributed by atoms with Gasteiger partial charge in [0.2, 0.25) is 0 Å². The van der Waals surface area contributed by atoms with Gasteiger partial charge in [0.25, 0.3) is 5.91 Å². The quantitative estimate of drug-likeness (QED) is 0.820. The summed E-state index contributed by atoms with van der Waals surface area (Å²) in [6, 6.07) is 7.61. The molecule has 1 atom stereocenters. The molecule has 1 unspecified atom stereocenters. The normalized spacial score (nSPS) is 17.6. The van der Waals surface area contributed by atoms with Crippen LogP contribution in [0.25, 0.3) is 0 Å². The second-order valence-corrected chi connectivity index (χ2v) is 5.45. The maximum Gasteiger partial charge on any atom is 0.260 e. The van der Waals surface area contributed by atoms with Crippen molar-refractivity contribution in [3.63, 3.8) is 0 Å². The average molecular weight is 263 g/mol. The Hall–Kier alpha value is -1.55. The van der Waals surface area contributed by atoms with E-state index in [0.29, 0.717) is 12.3 Å². The highest BCUT2D eigenvalue weighted by atomic mass is 16.5. The van der Waals surface area contributed by atoms with E-state index in [1.165, 1.54) is 0 Å². The van der Waals surface area contributed by atoms with Gasteiger partial charge in [-0.1, -0.05) is 17.7 Å². The van der Waals surface area contributed by atoms with Crippen molar-refractivity contribution in [2.24, 2.45) is 5.41 Å². The van der Waals surface area contributed by atoms with Crippen molar-refractivity contribution in [2.45, 2.75) is 32.8 Å². The van der Waals surface area contributed by atoms with Crippen molar-refractivity contribution < 1.29 is 14.6 Å². The van der Waals surface area contributed by atoms with Crippen LogP contribution < -0.4 is 10.1 Å². The first kappa shape index (κ1) is 13.9. The Bertz CT molecular complexity index is 437.